The first-order valence-electron chi connectivity index (χ1n) is 11.2. The van der Waals surface area contributed by atoms with E-state index in [1.54, 1.807) is 0 Å². The van der Waals surface area contributed by atoms with Crippen molar-refractivity contribution in [3.05, 3.63) is 105 Å². The Kier molecular flexibility index (Phi) is 6.05. The summed E-state index contributed by atoms with van der Waals surface area (Å²) in [6.07, 6.45) is 1.03. The van der Waals surface area contributed by atoms with Gasteiger partial charge in [0.2, 0.25) is 0 Å². The standard InChI is InChI=1S/C31H30.Ti/c1-18-11-20(3)30(21(4)12-18)26-9-7-24-15-25-8-10-27(17-29(25)28(24)16-26)31-22(5)13-19(2)14-23(31)6;/h7-14,16-17H,15H2,1-6H3;. The minimum atomic E-state index is 0. The summed E-state index contributed by atoms with van der Waals surface area (Å²) in [6, 6.07) is 23.3. The van der Waals surface area contributed by atoms with Gasteiger partial charge in [0.1, 0.15) is 0 Å². The summed E-state index contributed by atoms with van der Waals surface area (Å²) in [6.45, 7) is 13.3. The predicted octanol–water partition coefficient (Wildman–Crippen LogP) is 8.44. The van der Waals surface area contributed by atoms with Gasteiger partial charge in [0.25, 0.3) is 0 Å². The maximum Gasteiger partial charge on any atom is 0 e. The first kappa shape index (κ1) is 22.8. The summed E-state index contributed by atoms with van der Waals surface area (Å²) in [5, 5.41) is 0. The van der Waals surface area contributed by atoms with Crippen LogP contribution in [-0.2, 0) is 28.1 Å². The van der Waals surface area contributed by atoms with Crippen LogP contribution < -0.4 is 0 Å². The second-order valence-electron chi connectivity index (χ2n) is 9.47. The SMILES string of the molecule is Cc1cc(C)c(-c2ccc3c(c2)-c2cc(-c4c(C)cc(C)cc4C)ccc2C3)c(C)c1.[Ti]. The predicted molar refractivity (Wildman–Crippen MR) is 134 cm³/mol. The molecule has 0 nitrogen and oxygen atoms in total. The first-order valence-corrected chi connectivity index (χ1v) is 11.2. The average Bonchev–Trinajstić information content (AvgIpc) is 3.04. The van der Waals surface area contributed by atoms with Gasteiger partial charge in [-0.1, -0.05) is 59.7 Å². The summed E-state index contributed by atoms with van der Waals surface area (Å²) in [5.41, 5.74) is 19.2. The van der Waals surface area contributed by atoms with Gasteiger partial charge in [0.05, 0.1) is 0 Å². The minimum Gasteiger partial charge on any atom is -0.0575 e. The smallest absolute Gasteiger partial charge is 0 e. The summed E-state index contributed by atoms with van der Waals surface area (Å²) in [4.78, 5) is 0. The molecule has 1 aliphatic carbocycles. The largest absolute Gasteiger partial charge is 0.0575 e. The van der Waals surface area contributed by atoms with E-state index in [4.69, 9.17) is 0 Å². The molecular weight excluding hydrogens is 420 g/mol. The number of rotatable bonds is 2. The van der Waals surface area contributed by atoms with Crippen LogP contribution in [-0.4, -0.2) is 0 Å². The molecule has 32 heavy (non-hydrogen) atoms. The normalized spacial score (nSPS) is 11.7. The van der Waals surface area contributed by atoms with E-state index in [0.717, 1.165) is 6.42 Å². The second kappa shape index (κ2) is 8.51. The molecule has 4 aromatic carbocycles. The summed E-state index contributed by atoms with van der Waals surface area (Å²) < 4.78 is 0. The zero-order valence-corrected chi connectivity index (χ0v) is 21.5. The van der Waals surface area contributed by atoms with Gasteiger partial charge in [0, 0.05) is 21.7 Å². The molecule has 1 heteroatoms. The molecule has 0 atom stereocenters. The van der Waals surface area contributed by atoms with Crippen molar-refractivity contribution in [3.63, 3.8) is 0 Å². The van der Waals surface area contributed by atoms with Crippen LogP contribution in [0, 0.1) is 41.5 Å². The Balaban J connectivity index is 0.00000245. The monoisotopic (exact) mass is 450 g/mol. The quantitative estimate of drug-likeness (QED) is 0.237. The molecule has 0 fully saturated rings. The maximum atomic E-state index is 2.42. The molecule has 158 valence electrons. The van der Waals surface area contributed by atoms with Crippen molar-refractivity contribution in [2.24, 2.45) is 0 Å². The van der Waals surface area contributed by atoms with Crippen molar-refractivity contribution in [3.8, 4) is 33.4 Å². The molecular formula is C31H30Ti. The van der Waals surface area contributed by atoms with Crippen LogP contribution in [0.5, 0.6) is 0 Å². The molecule has 0 aliphatic heterocycles. The van der Waals surface area contributed by atoms with Crippen molar-refractivity contribution < 1.29 is 21.7 Å². The van der Waals surface area contributed by atoms with Gasteiger partial charge < -0.3 is 0 Å². The van der Waals surface area contributed by atoms with E-state index in [-0.39, 0.29) is 21.7 Å². The molecule has 0 amide bonds. The molecule has 0 heterocycles. The fourth-order valence-electron chi connectivity index (χ4n) is 5.75. The molecule has 0 radical (unpaired) electrons. The molecule has 1 aliphatic rings. The minimum absolute atomic E-state index is 0. The third kappa shape index (κ3) is 3.81. The van der Waals surface area contributed by atoms with Crippen LogP contribution >= 0.6 is 0 Å². The fraction of sp³-hybridized carbons (Fsp3) is 0.226. The van der Waals surface area contributed by atoms with Crippen LogP contribution in [0.1, 0.15) is 44.5 Å². The molecule has 5 rings (SSSR count). The number of aryl methyl sites for hydroxylation is 6. The van der Waals surface area contributed by atoms with Gasteiger partial charge in [-0.3, -0.25) is 0 Å². The van der Waals surface area contributed by atoms with Gasteiger partial charge in [-0.15, -0.1) is 0 Å². The van der Waals surface area contributed by atoms with E-state index in [9.17, 15) is 0 Å². The third-order valence-electron chi connectivity index (χ3n) is 6.82. The van der Waals surface area contributed by atoms with E-state index in [1.165, 1.54) is 77.9 Å². The van der Waals surface area contributed by atoms with Crippen LogP contribution in [0.25, 0.3) is 33.4 Å². The van der Waals surface area contributed by atoms with Gasteiger partial charge >= 0.3 is 0 Å². The van der Waals surface area contributed by atoms with Crippen molar-refractivity contribution in [1.29, 1.82) is 0 Å². The molecule has 0 bridgehead atoms. The van der Waals surface area contributed by atoms with E-state index >= 15 is 0 Å². The van der Waals surface area contributed by atoms with E-state index < -0.39 is 0 Å². The summed E-state index contributed by atoms with van der Waals surface area (Å²) in [7, 11) is 0. The molecule has 4 aromatic rings. The Morgan fingerprint density at radius 1 is 0.469 bits per heavy atom. The number of hydrogen-bond donors (Lipinski definition) is 0. The Bertz CT molecular complexity index is 1210. The van der Waals surface area contributed by atoms with Gasteiger partial charge in [-0.05, 0) is 127 Å². The molecule has 0 unspecified atom stereocenters. The molecule has 0 saturated carbocycles. The van der Waals surface area contributed by atoms with Gasteiger partial charge in [-0.25, -0.2) is 0 Å². The van der Waals surface area contributed by atoms with Crippen molar-refractivity contribution in [2.75, 3.05) is 0 Å². The van der Waals surface area contributed by atoms with Crippen LogP contribution in [0.2, 0.25) is 0 Å². The van der Waals surface area contributed by atoms with Gasteiger partial charge in [0.15, 0.2) is 0 Å². The van der Waals surface area contributed by atoms with Crippen LogP contribution in [0.3, 0.4) is 0 Å². The summed E-state index contributed by atoms with van der Waals surface area (Å²) >= 11 is 0. The second-order valence-corrected chi connectivity index (χ2v) is 9.47. The molecule has 0 aromatic heterocycles. The third-order valence-corrected chi connectivity index (χ3v) is 6.82. The Morgan fingerprint density at radius 2 is 0.812 bits per heavy atom. The first-order chi connectivity index (χ1) is 14.8. The average molecular weight is 450 g/mol. The van der Waals surface area contributed by atoms with Crippen LogP contribution in [0.4, 0.5) is 0 Å². The Morgan fingerprint density at radius 3 is 1.16 bits per heavy atom. The Labute approximate surface area is 207 Å². The van der Waals surface area contributed by atoms with E-state index in [1.807, 2.05) is 0 Å². The molecule has 0 saturated heterocycles. The van der Waals surface area contributed by atoms with Crippen molar-refractivity contribution in [2.45, 2.75) is 48.0 Å². The van der Waals surface area contributed by atoms with E-state index in [0.29, 0.717) is 0 Å². The van der Waals surface area contributed by atoms with Gasteiger partial charge in [-0.2, -0.15) is 0 Å². The number of hydrogen-bond acceptors (Lipinski definition) is 0. The number of fused-ring (bicyclic) bond motifs is 3. The fourth-order valence-corrected chi connectivity index (χ4v) is 5.75. The summed E-state index contributed by atoms with van der Waals surface area (Å²) in [5.74, 6) is 0. The zero-order valence-electron chi connectivity index (χ0n) is 20.0. The van der Waals surface area contributed by atoms with E-state index in [2.05, 4.69) is 102 Å². The zero-order chi connectivity index (χ0) is 21.9. The topological polar surface area (TPSA) is 0 Å². The van der Waals surface area contributed by atoms with Crippen molar-refractivity contribution in [1.82, 2.24) is 0 Å². The number of benzene rings is 4. The van der Waals surface area contributed by atoms with Crippen LogP contribution in [0.15, 0.2) is 60.7 Å². The molecule has 0 spiro atoms. The molecule has 0 N–H and O–H groups in total. The van der Waals surface area contributed by atoms with Crippen molar-refractivity contribution >= 4 is 0 Å². The maximum absolute atomic E-state index is 2.42. The Hall–Kier alpha value is -2.41.